The minimum atomic E-state index is -4.03. The number of hydrogen-bond acceptors (Lipinski definition) is 3. The van der Waals surface area contributed by atoms with Gasteiger partial charge in [0.2, 0.25) is 11.3 Å². The van der Waals surface area contributed by atoms with Crippen molar-refractivity contribution in [3.05, 3.63) is 0 Å². The summed E-state index contributed by atoms with van der Waals surface area (Å²) in [6.07, 6.45) is 0. The molecule has 0 aliphatic heterocycles. The minimum absolute atomic E-state index is 0.248. The Labute approximate surface area is 60.8 Å². The van der Waals surface area contributed by atoms with Gasteiger partial charge in [0.25, 0.3) is 10.1 Å². The fourth-order valence-corrected chi connectivity index (χ4v) is 1.02. The van der Waals surface area contributed by atoms with Crippen molar-refractivity contribution >= 4 is 21.4 Å². The molecule has 0 aliphatic rings. The van der Waals surface area contributed by atoms with Gasteiger partial charge >= 0.3 is 0 Å². The van der Waals surface area contributed by atoms with Crippen LogP contribution in [-0.2, 0) is 21.4 Å². The molecule has 0 aromatic carbocycles. The molecule has 6 nitrogen and oxygen atoms in total. The summed E-state index contributed by atoms with van der Waals surface area (Å²) in [5.41, 5.74) is 0. The molecule has 0 saturated heterocycles. The Bertz CT molecular complexity index is 208. The summed E-state index contributed by atoms with van der Waals surface area (Å²) in [5.74, 6) is -0.570. The molecule has 0 saturated carbocycles. The second-order valence-corrected chi connectivity index (χ2v) is 3.79. The predicted molar refractivity (Wildman–Crippen MR) is 35.2 cm³/mol. The van der Waals surface area contributed by atoms with Crippen LogP contribution >= 0.6 is 0 Å². The Morgan fingerprint density at radius 1 is 1.50 bits per heavy atom. The third kappa shape index (κ3) is 7.98. The first-order chi connectivity index (χ1) is 4.42. The van der Waals surface area contributed by atoms with E-state index in [9.17, 15) is 12.6 Å². The van der Waals surface area contributed by atoms with Crippen molar-refractivity contribution in [3.63, 3.8) is 0 Å². The van der Waals surface area contributed by atoms with Crippen LogP contribution in [0.2, 0.25) is 0 Å². The van der Waals surface area contributed by atoms with Crippen LogP contribution in [0.3, 0.4) is 0 Å². The largest absolute Gasteiger partial charge is 0.294 e. The summed E-state index contributed by atoms with van der Waals surface area (Å²) >= 11 is -2.23. The van der Waals surface area contributed by atoms with E-state index in [0.29, 0.717) is 0 Å². The monoisotopic (exact) mass is 189 g/mol. The fourth-order valence-electron chi connectivity index (χ4n) is 0.258. The number of rotatable bonds is 4. The minimum Gasteiger partial charge on any atom is -0.294 e. The first-order valence-electron chi connectivity index (χ1n) is 2.21. The molecular formula is C2H7NO5S2. The standard InChI is InChI=1S/C2H7NO5S2/c4-9(5)3-1-2-10(6,7)8/h3H,1-2H2,(H,4,5)(H,6,7,8). The summed E-state index contributed by atoms with van der Waals surface area (Å²) in [4.78, 5) is 0. The zero-order chi connectivity index (χ0) is 8.20. The molecule has 0 amide bonds. The van der Waals surface area contributed by atoms with Gasteiger partial charge < -0.3 is 0 Å². The highest BCUT2D eigenvalue weighted by molar-refractivity contribution is 7.85. The van der Waals surface area contributed by atoms with E-state index in [1.165, 1.54) is 0 Å². The second-order valence-electron chi connectivity index (χ2n) is 1.43. The van der Waals surface area contributed by atoms with E-state index in [2.05, 4.69) is 0 Å². The molecule has 0 aliphatic carbocycles. The first-order valence-corrected chi connectivity index (χ1v) is 4.93. The molecule has 0 rings (SSSR count). The summed E-state index contributed by atoms with van der Waals surface area (Å²) < 4.78 is 47.7. The molecule has 0 spiro atoms. The zero-order valence-corrected chi connectivity index (χ0v) is 6.48. The van der Waals surface area contributed by atoms with Crippen LogP contribution in [0.4, 0.5) is 0 Å². The third-order valence-electron chi connectivity index (χ3n) is 0.586. The van der Waals surface area contributed by atoms with E-state index in [0.717, 1.165) is 0 Å². The predicted octanol–water partition coefficient (Wildman–Crippen LogP) is -1.40. The molecule has 0 heterocycles. The van der Waals surface area contributed by atoms with Crippen molar-refractivity contribution in [1.29, 1.82) is 0 Å². The van der Waals surface area contributed by atoms with Crippen molar-refractivity contribution in [2.75, 3.05) is 12.3 Å². The Balaban J connectivity index is 3.49. The van der Waals surface area contributed by atoms with Gasteiger partial charge in [0.1, 0.15) is 0 Å². The van der Waals surface area contributed by atoms with Crippen LogP contribution in [0, 0.1) is 0 Å². The van der Waals surface area contributed by atoms with Crippen molar-refractivity contribution in [3.8, 4) is 0 Å². The van der Waals surface area contributed by atoms with E-state index in [1.807, 2.05) is 4.72 Å². The quantitative estimate of drug-likeness (QED) is 0.373. The molecule has 0 aromatic heterocycles. The van der Waals surface area contributed by atoms with E-state index in [-0.39, 0.29) is 6.54 Å². The van der Waals surface area contributed by atoms with Crippen molar-refractivity contribution in [2.45, 2.75) is 0 Å². The van der Waals surface area contributed by atoms with E-state index < -0.39 is 27.1 Å². The zero-order valence-electron chi connectivity index (χ0n) is 4.85. The van der Waals surface area contributed by atoms with Gasteiger partial charge in [-0.15, -0.1) is 0 Å². The molecule has 0 radical (unpaired) electrons. The molecule has 1 atom stereocenters. The smallest absolute Gasteiger partial charge is 0.266 e. The summed E-state index contributed by atoms with van der Waals surface area (Å²) in [5, 5.41) is 0. The number of nitrogens with one attached hydrogen (secondary N) is 1. The Kier molecular flexibility index (Phi) is 3.98. The normalized spacial score (nSPS) is 15.0. The fraction of sp³-hybridized carbons (Fsp3) is 1.00. The highest BCUT2D eigenvalue weighted by Gasteiger charge is 2.03. The molecule has 62 valence electrons. The van der Waals surface area contributed by atoms with E-state index in [1.54, 1.807) is 0 Å². The maximum Gasteiger partial charge on any atom is 0.266 e. The van der Waals surface area contributed by atoms with Crippen LogP contribution in [0.5, 0.6) is 0 Å². The highest BCUT2D eigenvalue weighted by Crippen LogP contribution is 1.78. The van der Waals surface area contributed by atoms with Gasteiger partial charge in [-0.2, -0.15) is 8.42 Å². The van der Waals surface area contributed by atoms with Gasteiger partial charge in [-0.25, -0.2) is 8.93 Å². The van der Waals surface area contributed by atoms with Crippen LogP contribution in [0.1, 0.15) is 0 Å². The van der Waals surface area contributed by atoms with Gasteiger partial charge in [0.15, 0.2) is 0 Å². The Morgan fingerprint density at radius 2 is 2.00 bits per heavy atom. The molecule has 10 heavy (non-hydrogen) atoms. The SMILES string of the molecule is O=S(O)NCCS(=O)(=O)O. The maximum atomic E-state index is 9.95. The topological polar surface area (TPSA) is 104 Å². The second kappa shape index (κ2) is 3.98. The van der Waals surface area contributed by atoms with Gasteiger partial charge in [0.05, 0.1) is 5.75 Å². The molecule has 3 N–H and O–H groups in total. The molecule has 0 fully saturated rings. The maximum absolute atomic E-state index is 9.95. The van der Waals surface area contributed by atoms with Gasteiger partial charge in [-0.3, -0.25) is 9.11 Å². The van der Waals surface area contributed by atoms with Crippen LogP contribution in [0.25, 0.3) is 0 Å². The average Bonchev–Trinajstić information content (AvgIpc) is 1.59. The number of hydrogen-bond donors (Lipinski definition) is 3. The molecule has 0 aromatic rings. The lowest BCUT2D eigenvalue weighted by atomic mass is 10.8. The Morgan fingerprint density at radius 3 is 2.30 bits per heavy atom. The van der Waals surface area contributed by atoms with Crippen LogP contribution in [-0.4, -0.2) is 34.0 Å². The van der Waals surface area contributed by atoms with Crippen molar-refractivity contribution < 1.29 is 21.7 Å². The van der Waals surface area contributed by atoms with Crippen LogP contribution < -0.4 is 4.72 Å². The van der Waals surface area contributed by atoms with E-state index in [4.69, 9.17) is 9.11 Å². The molecular weight excluding hydrogens is 182 g/mol. The lowest BCUT2D eigenvalue weighted by molar-refractivity contribution is 0.482. The third-order valence-corrected chi connectivity index (χ3v) is 1.76. The van der Waals surface area contributed by atoms with Gasteiger partial charge in [-0.05, 0) is 0 Å². The summed E-state index contributed by atoms with van der Waals surface area (Å²) in [6, 6.07) is 0. The average molecular weight is 189 g/mol. The van der Waals surface area contributed by atoms with Gasteiger partial charge in [0, 0.05) is 6.54 Å². The molecule has 1 unspecified atom stereocenters. The van der Waals surface area contributed by atoms with Gasteiger partial charge in [-0.1, -0.05) is 0 Å². The molecule has 8 heteroatoms. The molecule has 0 bridgehead atoms. The van der Waals surface area contributed by atoms with Crippen LogP contribution in [0.15, 0.2) is 0 Å². The highest BCUT2D eigenvalue weighted by atomic mass is 32.2. The van der Waals surface area contributed by atoms with Crippen molar-refractivity contribution in [2.24, 2.45) is 0 Å². The summed E-state index contributed by atoms with van der Waals surface area (Å²) in [6.45, 7) is -0.248. The Hall–Kier alpha value is -0.0200. The van der Waals surface area contributed by atoms with E-state index >= 15 is 0 Å². The lowest BCUT2D eigenvalue weighted by Gasteiger charge is -1.95. The lowest BCUT2D eigenvalue weighted by Crippen LogP contribution is -2.23. The van der Waals surface area contributed by atoms with Crippen molar-refractivity contribution in [1.82, 2.24) is 4.72 Å². The summed E-state index contributed by atoms with van der Waals surface area (Å²) in [7, 11) is -4.03. The first kappa shape index (κ1) is 9.98.